The molecule has 3 aromatic rings. The number of ketones is 3. The average Bonchev–Trinajstić information content (AvgIpc) is 2.25. The van der Waals surface area contributed by atoms with Crippen molar-refractivity contribution in [1.29, 1.82) is 20.7 Å². The number of hydrogen-bond acceptors (Lipinski definition) is 19. The molecule has 5 unspecified atom stereocenters. The van der Waals surface area contributed by atoms with Crippen molar-refractivity contribution in [2.75, 3.05) is 55.6 Å². The van der Waals surface area contributed by atoms with E-state index in [1.165, 1.54) is 14.2 Å². The highest BCUT2D eigenvalue weighted by Gasteiger charge is 2.60. The number of amides is 1. The van der Waals surface area contributed by atoms with E-state index in [9.17, 15) is 39.9 Å². The van der Waals surface area contributed by atoms with Crippen LogP contribution in [0.1, 0.15) is 79.1 Å². The monoisotopic (exact) mass is 1140 g/mol. The minimum atomic E-state index is -1.36. The molecule has 9 aliphatic rings. The highest BCUT2D eigenvalue weighted by Crippen LogP contribution is 2.56. The number of methoxy groups -OCH3 is 4. The zero-order valence-corrected chi connectivity index (χ0v) is 49.2. The van der Waals surface area contributed by atoms with Crippen LogP contribution >= 0.6 is 0 Å². The Morgan fingerprint density at radius 3 is 1.73 bits per heavy atom. The predicted octanol–water partition coefficient (Wildman–Crippen LogP) is 5.70. The molecule has 4 bridgehead atoms. The largest absolute Gasteiger partial charge is 0.504 e. The fourth-order valence-corrected chi connectivity index (χ4v) is 16.4. The molecule has 0 saturated carbocycles. The highest BCUT2D eigenvalue weighted by atomic mass is 32.2. The molecule has 0 aromatic heterocycles. The smallest absolute Gasteiger partial charge is 0.229 e. The van der Waals surface area contributed by atoms with Crippen molar-refractivity contribution < 1.29 is 48.3 Å². The first-order chi connectivity index (χ1) is 39.7. The molecule has 2 aliphatic carbocycles. The number of hydrogen-bond donors (Lipinski definition) is 5. The molecule has 2 saturated heterocycles. The normalized spacial score (nSPS) is 28.6. The number of aromatic hydroxyl groups is 2. The van der Waals surface area contributed by atoms with Crippen molar-refractivity contribution >= 4 is 44.7 Å². The summed E-state index contributed by atoms with van der Waals surface area (Å²) in [5.41, 5.74) is 8.83. The number of phenols is 2. The van der Waals surface area contributed by atoms with Crippen molar-refractivity contribution in [3.8, 4) is 35.1 Å². The number of likely N-dealkylation sites (N-methyl/N-ethyl adjacent to an activating group) is 2. The van der Waals surface area contributed by atoms with E-state index in [0.717, 1.165) is 44.7 Å². The molecule has 3 aromatic carbocycles. The predicted molar refractivity (Wildman–Crippen MR) is 307 cm³/mol. The topological polar surface area (TPSA) is 278 Å². The number of aryl methyl sites for hydroxylation is 2. The van der Waals surface area contributed by atoms with Crippen LogP contribution < -0.4 is 14.8 Å². The summed E-state index contributed by atoms with van der Waals surface area (Å²) in [6.45, 7) is 9.08. The number of aliphatic imine (C=N–C) groups is 1. The second kappa shape index (κ2) is 21.4. The number of carbonyl (C=O) groups excluding carboxylic acids is 4. The number of carbonyl (C=O) groups is 4. The summed E-state index contributed by atoms with van der Waals surface area (Å²) < 4.78 is 30.8. The maximum atomic E-state index is 14.1. The second-order valence-electron chi connectivity index (χ2n) is 22.9. The molecule has 0 radical (unpaired) electrons. The molecule has 12 rings (SSSR count). The van der Waals surface area contributed by atoms with E-state index in [2.05, 4.69) is 38.2 Å². The van der Waals surface area contributed by atoms with E-state index in [4.69, 9.17) is 34.1 Å². The van der Waals surface area contributed by atoms with Crippen LogP contribution in [0.15, 0.2) is 97.3 Å². The summed E-state index contributed by atoms with van der Waals surface area (Å²) in [7, 11) is 8.56. The quantitative estimate of drug-likeness (QED) is 0.0976. The summed E-state index contributed by atoms with van der Waals surface area (Å²) in [6.07, 6.45) is 1.73. The summed E-state index contributed by atoms with van der Waals surface area (Å²) in [6, 6.07) is 14.2. The van der Waals surface area contributed by atoms with Crippen molar-refractivity contribution in [2.45, 2.75) is 126 Å². The van der Waals surface area contributed by atoms with Crippen LogP contribution in [0.25, 0.3) is 0 Å². The molecule has 20 nitrogen and oxygen atoms in total. The Morgan fingerprint density at radius 1 is 0.735 bits per heavy atom. The van der Waals surface area contributed by atoms with Gasteiger partial charge in [0.25, 0.3) is 0 Å². The van der Waals surface area contributed by atoms with Gasteiger partial charge in [0.1, 0.15) is 17.8 Å². The number of piperazine rings is 2. The van der Waals surface area contributed by atoms with Gasteiger partial charge in [-0.05, 0) is 119 Å². The van der Waals surface area contributed by atoms with Gasteiger partial charge in [-0.2, -0.15) is 10.5 Å². The molecule has 1 amide bonds. The number of ether oxygens (including phenoxy) is 4. The minimum Gasteiger partial charge on any atom is -0.504 e. The number of allylic oxidation sites excluding steroid dienone is 4. The molecular formula is C62H68N10O10S. The van der Waals surface area contributed by atoms with Crippen LogP contribution in [-0.2, 0) is 52.2 Å². The molecule has 7 aliphatic heterocycles. The molecule has 12 atom stereocenters. The number of fused-ring (bicyclic) bond motifs is 13. The first-order valence-electron chi connectivity index (χ1n) is 27.8. The Labute approximate surface area is 484 Å². The first kappa shape index (κ1) is 57.0. The van der Waals surface area contributed by atoms with Crippen LogP contribution in [0.5, 0.6) is 23.0 Å². The Kier molecular flexibility index (Phi) is 14.7. The Morgan fingerprint density at radius 2 is 1.23 bits per heavy atom. The molecule has 83 heavy (non-hydrogen) atoms. The molecule has 2 fully saturated rings. The van der Waals surface area contributed by atoms with E-state index in [0.29, 0.717) is 64.7 Å². The molecule has 432 valence electrons. The number of nitriles is 2. The first-order valence-corrected chi connectivity index (χ1v) is 29.0. The lowest BCUT2D eigenvalue weighted by atomic mass is 9.69. The Balaban J connectivity index is 0.000000185. The van der Waals surface area contributed by atoms with Gasteiger partial charge < -0.3 is 34.5 Å². The van der Waals surface area contributed by atoms with Gasteiger partial charge >= 0.3 is 0 Å². The lowest BCUT2D eigenvalue weighted by Gasteiger charge is -2.60. The third-order valence-corrected chi connectivity index (χ3v) is 20.6. The zero-order chi connectivity index (χ0) is 59.5. The van der Waals surface area contributed by atoms with E-state index >= 15 is 0 Å². The number of Topliss-reactive ketones (excluding diaryl/α,β-unsaturated/α-hetero) is 3. The van der Waals surface area contributed by atoms with E-state index in [1.54, 1.807) is 59.3 Å². The third-order valence-electron chi connectivity index (χ3n) is 19.0. The van der Waals surface area contributed by atoms with E-state index < -0.39 is 52.5 Å². The van der Waals surface area contributed by atoms with Crippen molar-refractivity contribution in [3.05, 3.63) is 121 Å². The zero-order valence-electron chi connectivity index (χ0n) is 48.3. The summed E-state index contributed by atoms with van der Waals surface area (Å²) in [4.78, 5) is 69.1. The van der Waals surface area contributed by atoms with Crippen LogP contribution in [-0.4, -0.2) is 168 Å². The lowest BCUT2D eigenvalue weighted by Crippen LogP contribution is -2.71. The number of benzene rings is 3. The van der Waals surface area contributed by atoms with Gasteiger partial charge in [0.15, 0.2) is 46.1 Å². The maximum Gasteiger partial charge on any atom is 0.229 e. The number of phenolic OH excluding ortho intramolecular Hbond substituents is 2. The van der Waals surface area contributed by atoms with Crippen LogP contribution in [0.2, 0.25) is 0 Å². The van der Waals surface area contributed by atoms with Crippen LogP contribution in [0.4, 0.5) is 0 Å². The molecule has 0 spiro atoms. The van der Waals surface area contributed by atoms with Gasteiger partial charge in [-0.25, -0.2) is 0 Å². The fraction of sp³-hybridized carbons (Fsp3) is 0.452. The maximum absolute atomic E-state index is 14.1. The Hall–Kier alpha value is -7.79. The number of rotatable bonds is 9. The van der Waals surface area contributed by atoms with Gasteiger partial charge in [-0.1, -0.05) is 30.3 Å². The van der Waals surface area contributed by atoms with Gasteiger partial charge in [-0.3, -0.25) is 54.0 Å². The van der Waals surface area contributed by atoms with Crippen molar-refractivity contribution in [1.82, 2.24) is 24.9 Å². The van der Waals surface area contributed by atoms with Gasteiger partial charge in [-0.15, -0.1) is 0 Å². The van der Waals surface area contributed by atoms with Crippen LogP contribution in [0.3, 0.4) is 0 Å². The molecular weight excluding hydrogens is 1080 g/mol. The van der Waals surface area contributed by atoms with Crippen molar-refractivity contribution in [3.63, 3.8) is 0 Å². The number of nitrogens with zero attached hydrogens (tertiary/aromatic N) is 7. The van der Waals surface area contributed by atoms with Gasteiger partial charge in [0.2, 0.25) is 11.7 Å². The van der Waals surface area contributed by atoms with Gasteiger partial charge in [0.05, 0.1) is 82.3 Å². The molecule has 7 heterocycles. The van der Waals surface area contributed by atoms with Gasteiger partial charge in [0, 0.05) is 80.2 Å². The van der Waals surface area contributed by atoms with E-state index in [-0.39, 0.29) is 94.2 Å². The molecule has 5 N–H and O–H groups in total. The SMILES string of the molecule is COC1=C(C)C(=O)C2=C(C1=O)[C@H](CNC(=O)C(C)C(=N)S(=N)c1ccccc1)N1C(C2)[C@H]2c3c(cc(C)c(OC)c3O)C[C@@H]([C@@H]1C#N)N2C.COC1=C(C)C(=O)C2=C3C1=NCC3N1C(C2)[C@H]2c3c(cc(C)c(OC)c3O)C[C@@H]([C@@H]1C#N)N2C. The number of nitrogens with one attached hydrogen (secondary N) is 3. The average molecular weight is 1150 g/mol. The lowest BCUT2D eigenvalue weighted by molar-refractivity contribution is -0.125. The standard InChI is InChI=1S/C36H40N6O6S.C26H28N4O4/c1-17-12-20-13-23-25(15-37)42-24(29(41(23)4)27(20)31(44)33(17)47-5)14-22-28(32(45)34(48-6)18(2)30(22)43)26(42)16-40-36(46)19(3)35(38)49(39)21-10-8-7-9-11-21;1-11-6-13-7-15-17(9-27)30-16(22(29(15)3)19(13)24(32)25(11)33-4)8-14-20-18(30)10-28-21(20)26(34-5)12(2)23(14)31/h7-12,19,23-26,29,38-39,44H,13-14,16H2,1-6H3,(H,40,46);6,15-18,22,32H,7-8,10H2,1-5H3/t19?,23-,24?,25-,26-,29-,49?;15-,16?,17-,18?,22-/m00/s1. The van der Waals surface area contributed by atoms with E-state index in [1.807, 2.05) is 45.0 Å². The van der Waals surface area contributed by atoms with Crippen molar-refractivity contribution in [2.24, 2.45) is 10.9 Å². The second-order valence-corrected chi connectivity index (χ2v) is 24.4. The Bertz CT molecular complexity index is 3670. The third kappa shape index (κ3) is 8.43. The summed E-state index contributed by atoms with van der Waals surface area (Å²) in [5, 5.41) is 55.6. The fourth-order valence-electron chi connectivity index (χ4n) is 15.3. The summed E-state index contributed by atoms with van der Waals surface area (Å²) in [5.74, 6) is -0.765. The minimum absolute atomic E-state index is 0.00243. The highest BCUT2D eigenvalue weighted by molar-refractivity contribution is 8.01. The molecule has 21 heteroatoms. The summed E-state index contributed by atoms with van der Waals surface area (Å²) >= 11 is 0. The van der Waals surface area contributed by atoms with Crippen LogP contribution in [0, 0.1) is 52.6 Å².